The summed E-state index contributed by atoms with van der Waals surface area (Å²) in [5, 5.41) is 11.6. The molecule has 2 unspecified atom stereocenters. The second kappa shape index (κ2) is 8.88. The van der Waals surface area contributed by atoms with Crippen LogP contribution >= 0.6 is 16.5 Å². The Kier molecular flexibility index (Phi) is 7.84. The van der Waals surface area contributed by atoms with Crippen LogP contribution in [0.5, 0.6) is 0 Å². The van der Waals surface area contributed by atoms with E-state index in [9.17, 15) is 13.9 Å². The molecule has 1 heterocycles. The van der Waals surface area contributed by atoms with Crippen molar-refractivity contribution in [3.63, 3.8) is 0 Å². The monoisotopic (exact) mass is 359 g/mol. The highest BCUT2D eigenvalue weighted by molar-refractivity contribution is 7.32. The molecule has 1 aliphatic heterocycles. The van der Waals surface area contributed by atoms with Crippen LogP contribution in [-0.4, -0.2) is 76.0 Å². The van der Waals surface area contributed by atoms with E-state index in [0.717, 1.165) is 0 Å². The summed E-state index contributed by atoms with van der Waals surface area (Å²) in [6.07, 6.45) is 0. The van der Waals surface area contributed by atoms with Gasteiger partial charge in [-0.15, -0.1) is 18.8 Å². The Balaban J connectivity index is 2.67. The van der Waals surface area contributed by atoms with Gasteiger partial charge < -0.3 is 5.11 Å². The van der Waals surface area contributed by atoms with Crippen LogP contribution in [0.2, 0.25) is 0 Å². The molecule has 0 bridgehead atoms. The lowest BCUT2D eigenvalue weighted by molar-refractivity contribution is -0.136. The van der Waals surface area contributed by atoms with E-state index in [1.807, 2.05) is 0 Å². The van der Waals surface area contributed by atoms with Gasteiger partial charge in [0.1, 0.15) is 0 Å². The number of nitrogens with zero attached hydrogens (tertiary/aromatic N) is 2. The minimum Gasteiger partial charge on any atom is -0.480 e. The third-order valence-electron chi connectivity index (χ3n) is 2.91. The van der Waals surface area contributed by atoms with Crippen LogP contribution in [0.25, 0.3) is 0 Å². The van der Waals surface area contributed by atoms with Gasteiger partial charge >= 0.3 is 22.5 Å². The zero-order chi connectivity index (χ0) is 16.8. The molecule has 126 valence electrons. The Morgan fingerprint density at radius 1 is 1.18 bits per heavy atom. The molecule has 4 N–H and O–H groups in total. The highest BCUT2D eigenvalue weighted by Gasteiger charge is 2.37. The highest BCUT2D eigenvalue weighted by atomic mass is 31.1. The van der Waals surface area contributed by atoms with Gasteiger partial charge in [-0.2, -0.15) is 0 Å². The van der Waals surface area contributed by atoms with Crippen LogP contribution in [0.3, 0.4) is 0 Å². The molecule has 13 heteroatoms. The third kappa shape index (κ3) is 7.59. The summed E-state index contributed by atoms with van der Waals surface area (Å²) in [7, 11) is -5.50. The van der Waals surface area contributed by atoms with Gasteiger partial charge in [0, 0.05) is 27.8 Å². The second-order valence-corrected chi connectivity index (χ2v) is 6.57. The molecule has 0 aliphatic carbocycles. The summed E-state index contributed by atoms with van der Waals surface area (Å²) < 4.78 is 30.5. The van der Waals surface area contributed by atoms with Crippen LogP contribution in [0, 0.1) is 0 Å². The molecule has 0 saturated carbocycles. The Labute approximate surface area is 128 Å². The van der Waals surface area contributed by atoms with Crippen molar-refractivity contribution in [3.05, 3.63) is 0 Å². The maximum atomic E-state index is 10.7. The number of nitrogens with one attached hydrogen (secondary N) is 1. The molecule has 11 nitrogen and oxygen atoms in total. The highest BCUT2D eigenvalue weighted by Crippen LogP contribution is 2.22. The number of carboxylic acid groups (broad SMARTS) is 1. The lowest BCUT2D eigenvalue weighted by Gasteiger charge is -2.44. The van der Waals surface area contributed by atoms with E-state index in [-0.39, 0.29) is 26.7 Å². The summed E-state index contributed by atoms with van der Waals surface area (Å²) in [5.74, 6) is -1.02. The van der Waals surface area contributed by atoms with Crippen molar-refractivity contribution in [1.82, 2.24) is 15.1 Å². The van der Waals surface area contributed by atoms with Gasteiger partial charge in [-0.3, -0.25) is 19.9 Å². The lowest BCUT2D eigenvalue weighted by atomic mass is 9.99. The summed E-state index contributed by atoms with van der Waals surface area (Å²) in [4.78, 5) is 31.4. The zero-order valence-electron chi connectivity index (χ0n) is 11.9. The molecule has 1 rings (SSSR count). The Hall–Kier alpha value is -0.610. The normalized spacial score (nSPS) is 25.0. The number of carbonyl (C=O) groups is 1. The molecule has 22 heavy (non-hydrogen) atoms. The molecule has 0 aromatic carbocycles. The van der Waals surface area contributed by atoms with Crippen molar-refractivity contribution < 1.29 is 37.9 Å². The van der Waals surface area contributed by atoms with E-state index in [0.29, 0.717) is 13.1 Å². The number of rotatable bonds is 9. The Morgan fingerprint density at radius 2 is 1.64 bits per heavy atom. The van der Waals surface area contributed by atoms with Gasteiger partial charge in [-0.25, -0.2) is 0 Å². The van der Waals surface area contributed by atoms with E-state index in [1.54, 1.807) is 16.7 Å². The molecule has 0 spiro atoms. The first-order valence-electron chi connectivity index (χ1n) is 6.20. The van der Waals surface area contributed by atoms with Crippen LogP contribution in [-0.2, 0) is 23.0 Å². The molecule has 0 aromatic heterocycles. The lowest BCUT2D eigenvalue weighted by Crippen LogP contribution is -2.65. The summed E-state index contributed by atoms with van der Waals surface area (Å²) in [6, 6.07) is 0. The first kappa shape index (κ1) is 19.4. The van der Waals surface area contributed by atoms with Crippen molar-refractivity contribution in [3.8, 4) is 0 Å². The largest absolute Gasteiger partial charge is 0.696 e. The molecule has 1 saturated heterocycles. The standard InChI is InChI=1S/C9H17N3O8P2/c1-9(10-2-8(13)14)3-11(6-19-21(15)16)5-12(4-9)7-20-22(17)18/h10H,2-7H2,1H3,(H-2,13,14,15,16,17,18)/p+2. The fourth-order valence-corrected chi connectivity index (χ4v) is 2.78. The van der Waals surface area contributed by atoms with Gasteiger partial charge in [-0.1, -0.05) is 0 Å². The van der Waals surface area contributed by atoms with Gasteiger partial charge in [-0.05, 0) is 6.92 Å². The average molecular weight is 359 g/mol. The van der Waals surface area contributed by atoms with E-state index in [2.05, 4.69) is 14.4 Å². The fraction of sp³-hybridized carbons (Fsp3) is 0.889. The maximum Gasteiger partial charge on any atom is 0.696 e. The van der Waals surface area contributed by atoms with E-state index >= 15 is 0 Å². The fourth-order valence-electron chi connectivity index (χ4n) is 2.26. The Morgan fingerprint density at radius 3 is 2.00 bits per heavy atom. The molecule has 0 aromatic rings. The van der Waals surface area contributed by atoms with Crippen molar-refractivity contribution in [2.24, 2.45) is 0 Å². The van der Waals surface area contributed by atoms with Crippen molar-refractivity contribution in [2.75, 3.05) is 39.8 Å². The predicted molar refractivity (Wildman–Crippen MR) is 73.9 cm³/mol. The first-order chi connectivity index (χ1) is 10.2. The first-order valence-corrected chi connectivity index (χ1v) is 8.46. The number of hydrogen-bond donors (Lipinski definition) is 4. The van der Waals surface area contributed by atoms with Crippen LogP contribution in [0.1, 0.15) is 6.92 Å². The van der Waals surface area contributed by atoms with Crippen molar-refractivity contribution in [2.45, 2.75) is 12.5 Å². The molecular formula is C9H19N3O8P2+2. The van der Waals surface area contributed by atoms with Crippen LogP contribution in [0.15, 0.2) is 0 Å². The smallest absolute Gasteiger partial charge is 0.480 e. The SMILES string of the molecule is CC1(NCC(=O)O)CN(CO[P+](=O)O)CN(CO[P+](=O)O)C1. The number of carboxylic acids is 1. The Bertz CT molecular complexity index is 411. The number of aliphatic carboxylic acids is 1. The summed E-state index contributed by atoms with van der Waals surface area (Å²) >= 11 is 0. The topological polar surface area (TPSA) is 149 Å². The van der Waals surface area contributed by atoms with Gasteiger partial charge in [0.15, 0.2) is 13.5 Å². The quantitative estimate of drug-likeness (QED) is 0.385. The molecule has 0 amide bonds. The summed E-state index contributed by atoms with van der Waals surface area (Å²) in [5.41, 5.74) is -0.661. The zero-order valence-corrected chi connectivity index (χ0v) is 13.7. The molecule has 0 radical (unpaired) electrons. The second-order valence-electron chi connectivity index (χ2n) is 5.10. The van der Waals surface area contributed by atoms with Crippen molar-refractivity contribution in [1.29, 1.82) is 0 Å². The maximum absolute atomic E-state index is 10.7. The average Bonchev–Trinajstić information content (AvgIpc) is 2.40. The minimum absolute atomic E-state index is 0.141. The van der Waals surface area contributed by atoms with Crippen molar-refractivity contribution >= 4 is 22.5 Å². The van der Waals surface area contributed by atoms with Crippen LogP contribution < -0.4 is 5.32 Å². The third-order valence-corrected chi connectivity index (χ3v) is 3.59. The number of hydrogen-bond acceptors (Lipinski definition) is 8. The molecule has 2 atom stereocenters. The van der Waals surface area contributed by atoms with E-state index in [4.69, 9.17) is 14.9 Å². The van der Waals surface area contributed by atoms with Gasteiger partial charge in [0.2, 0.25) is 0 Å². The van der Waals surface area contributed by atoms with E-state index < -0.39 is 28.0 Å². The van der Waals surface area contributed by atoms with Gasteiger partial charge in [0.25, 0.3) is 0 Å². The van der Waals surface area contributed by atoms with E-state index in [1.165, 1.54) is 0 Å². The van der Waals surface area contributed by atoms with Gasteiger partial charge in [0.05, 0.1) is 13.2 Å². The molecular weight excluding hydrogens is 340 g/mol. The molecule has 1 aliphatic rings. The minimum atomic E-state index is -2.75. The predicted octanol–water partition coefficient (Wildman–Crippen LogP) is -0.758. The summed E-state index contributed by atoms with van der Waals surface area (Å²) in [6.45, 7) is 2.23. The van der Waals surface area contributed by atoms with Crippen LogP contribution in [0.4, 0.5) is 0 Å². The molecule has 1 fully saturated rings.